The van der Waals surface area contributed by atoms with Crippen LogP contribution in [-0.2, 0) is 14.3 Å². The molecule has 8 nitrogen and oxygen atoms in total. The molecular formula is C29H37N3O5. The number of aliphatic hydroxyl groups excluding tert-OH is 1. The van der Waals surface area contributed by atoms with Crippen molar-refractivity contribution in [3.63, 3.8) is 0 Å². The zero-order valence-electron chi connectivity index (χ0n) is 22.2. The highest BCUT2D eigenvalue weighted by molar-refractivity contribution is 6.05. The van der Waals surface area contributed by atoms with E-state index in [4.69, 9.17) is 4.74 Å². The number of ether oxygens (including phenoxy) is 1. The van der Waals surface area contributed by atoms with Crippen LogP contribution in [0.5, 0.6) is 0 Å². The van der Waals surface area contributed by atoms with Gasteiger partial charge in [-0.2, -0.15) is 0 Å². The summed E-state index contributed by atoms with van der Waals surface area (Å²) in [5.74, 6) is -0.424. The SMILES string of the molecule is CC(C)(C)OC(=O)Nc1ccccc1NC(=O)/C=C/c1ccc(C2CN(C(C)(C)CO)CC2C=O)cc1. The van der Waals surface area contributed by atoms with E-state index in [1.807, 2.05) is 38.1 Å². The van der Waals surface area contributed by atoms with Crippen molar-refractivity contribution >= 4 is 35.7 Å². The summed E-state index contributed by atoms with van der Waals surface area (Å²) in [5, 5.41) is 15.1. The summed E-state index contributed by atoms with van der Waals surface area (Å²) in [7, 11) is 0. The van der Waals surface area contributed by atoms with Crippen molar-refractivity contribution in [2.24, 2.45) is 5.92 Å². The third kappa shape index (κ3) is 7.74. The van der Waals surface area contributed by atoms with Crippen molar-refractivity contribution in [2.45, 2.75) is 51.7 Å². The Morgan fingerprint density at radius 3 is 2.19 bits per heavy atom. The van der Waals surface area contributed by atoms with Crippen LogP contribution < -0.4 is 10.6 Å². The van der Waals surface area contributed by atoms with E-state index < -0.39 is 11.7 Å². The van der Waals surface area contributed by atoms with E-state index >= 15 is 0 Å². The van der Waals surface area contributed by atoms with E-state index in [9.17, 15) is 19.5 Å². The molecule has 3 rings (SSSR count). The molecule has 0 aromatic heterocycles. The summed E-state index contributed by atoms with van der Waals surface area (Å²) >= 11 is 0. The molecule has 1 heterocycles. The first-order valence-corrected chi connectivity index (χ1v) is 12.4. The van der Waals surface area contributed by atoms with Crippen LogP contribution in [-0.4, -0.2) is 59.1 Å². The fourth-order valence-corrected chi connectivity index (χ4v) is 4.23. The highest BCUT2D eigenvalue weighted by atomic mass is 16.6. The first-order chi connectivity index (χ1) is 17.4. The minimum atomic E-state index is -0.637. The highest BCUT2D eigenvalue weighted by Gasteiger charge is 2.39. The highest BCUT2D eigenvalue weighted by Crippen LogP contribution is 2.35. The van der Waals surface area contributed by atoms with Crippen molar-refractivity contribution < 1.29 is 24.2 Å². The lowest BCUT2D eigenvalue weighted by Crippen LogP contribution is -2.45. The summed E-state index contributed by atoms with van der Waals surface area (Å²) in [5.41, 5.74) is 1.76. The zero-order chi connectivity index (χ0) is 27.2. The maximum Gasteiger partial charge on any atom is 0.412 e. The minimum absolute atomic E-state index is 0.0264. The number of hydrogen-bond donors (Lipinski definition) is 3. The number of para-hydroxylation sites is 2. The average Bonchev–Trinajstić information content (AvgIpc) is 3.29. The van der Waals surface area contributed by atoms with Crippen molar-refractivity contribution in [1.29, 1.82) is 0 Å². The predicted octanol–water partition coefficient (Wildman–Crippen LogP) is 4.67. The molecule has 3 N–H and O–H groups in total. The second kappa shape index (κ2) is 11.7. The van der Waals surface area contributed by atoms with E-state index in [-0.39, 0.29) is 29.9 Å². The molecule has 2 unspecified atom stereocenters. The molecule has 1 aliphatic rings. The standard InChI is InChI=1S/C29H37N3O5/c1-28(2,3)37-27(36)31-25-9-7-6-8-24(25)30-26(35)15-12-20-10-13-21(14-11-20)23-17-32(16-22(23)18-33)29(4,5)19-34/h6-15,18,22-23,34H,16-17,19H2,1-5H3,(H,30,35)(H,31,36)/b15-12+. The lowest BCUT2D eigenvalue weighted by Gasteiger charge is -2.33. The number of rotatable bonds is 8. The maximum absolute atomic E-state index is 12.6. The Kier molecular flexibility index (Phi) is 8.89. The van der Waals surface area contributed by atoms with Gasteiger partial charge in [0, 0.05) is 36.5 Å². The number of nitrogens with one attached hydrogen (secondary N) is 2. The third-order valence-electron chi connectivity index (χ3n) is 6.40. The lowest BCUT2D eigenvalue weighted by molar-refractivity contribution is -0.112. The molecule has 1 fully saturated rings. The first kappa shape index (κ1) is 28.1. The van der Waals surface area contributed by atoms with Gasteiger partial charge in [-0.1, -0.05) is 36.4 Å². The summed E-state index contributed by atoms with van der Waals surface area (Å²) in [4.78, 5) is 38.6. The van der Waals surface area contributed by atoms with Crippen LogP contribution in [0, 0.1) is 5.92 Å². The molecule has 198 valence electrons. The molecule has 2 atom stereocenters. The fourth-order valence-electron chi connectivity index (χ4n) is 4.23. The van der Waals surface area contributed by atoms with Crippen molar-refractivity contribution in [3.05, 3.63) is 65.7 Å². The number of aliphatic hydroxyl groups is 1. The molecule has 0 spiro atoms. The Hall–Kier alpha value is -3.49. The maximum atomic E-state index is 12.6. The molecule has 2 aromatic rings. The van der Waals surface area contributed by atoms with E-state index in [1.54, 1.807) is 51.1 Å². The van der Waals surface area contributed by atoms with Gasteiger partial charge in [0.15, 0.2) is 0 Å². The number of nitrogens with zero attached hydrogens (tertiary/aromatic N) is 1. The molecule has 0 bridgehead atoms. The summed E-state index contributed by atoms with van der Waals surface area (Å²) in [6.45, 7) is 10.6. The first-order valence-electron chi connectivity index (χ1n) is 12.4. The third-order valence-corrected chi connectivity index (χ3v) is 6.40. The van der Waals surface area contributed by atoms with Crippen LogP contribution in [0.1, 0.15) is 51.7 Å². The van der Waals surface area contributed by atoms with Crippen molar-refractivity contribution in [1.82, 2.24) is 4.90 Å². The van der Waals surface area contributed by atoms with Gasteiger partial charge in [0.05, 0.1) is 18.0 Å². The molecule has 1 aliphatic heterocycles. The van der Waals surface area contributed by atoms with Gasteiger partial charge in [0.25, 0.3) is 0 Å². The average molecular weight is 508 g/mol. The zero-order valence-corrected chi connectivity index (χ0v) is 22.2. The van der Waals surface area contributed by atoms with Crippen molar-refractivity contribution in [2.75, 3.05) is 30.3 Å². The molecule has 37 heavy (non-hydrogen) atoms. The van der Waals surface area contributed by atoms with Gasteiger partial charge in [0.1, 0.15) is 11.9 Å². The van der Waals surface area contributed by atoms with Crippen LogP contribution in [0.15, 0.2) is 54.6 Å². The molecule has 0 aliphatic carbocycles. The topological polar surface area (TPSA) is 108 Å². The Labute approximate surface area is 218 Å². The number of amides is 2. The summed E-state index contributed by atoms with van der Waals surface area (Å²) < 4.78 is 5.29. The summed E-state index contributed by atoms with van der Waals surface area (Å²) in [6, 6.07) is 14.7. The van der Waals surface area contributed by atoms with E-state index in [0.29, 0.717) is 24.5 Å². The van der Waals surface area contributed by atoms with E-state index in [0.717, 1.165) is 17.4 Å². The second-order valence-electron chi connectivity index (χ2n) is 10.9. The van der Waals surface area contributed by atoms with E-state index in [1.165, 1.54) is 6.08 Å². The number of carbonyl (C=O) groups is 3. The largest absolute Gasteiger partial charge is 0.444 e. The Morgan fingerprint density at radius 2 is 1.62 bits per heavy atom. The fraction of sp³-hybridized carbons (Fsp3) is 0.414. The van der Waals surface area contributed by atoms with Gasteiger partial charge >= 0.3 is 6.09 Å². The van der Waals surface area contributed by atoms with Gasteiger partial charge < -0.3 is 20.0 Å². The normalized spacial score (nSPS) is 18.5. The van der Waals surface area contributed by atoms with Crippen LogP contribution in [0.4, 0.5) is 16.2 Å². The monoisotopic (exact) mass is 507 g/mol. The molecule has 2 aromatic carbocycles. The van der Waals surface area contributed by atoms with E-state index in [2.05, 4.69) is 15.5 Å². The molecule has 0 saturated carbocycles. The van der Waals surface area contributed by atoms with Gasteiger partial charge in [-0.15, -0.1) is 0 Å². The number of aldehydes is 1. The molecule has 8 heteroatoms. The Morgan fingerprint density at radius 1 is 1.00 bits per heavy atom. The number of carbonyl (C=O) groups excluding carboxylic acids is 3. The summed E-state index contributed by atoms with van der Waals surface area (Å²) in [6.07, 6.45) is 3.53. The van der Waals surface area contributed by atoms with Gasteiger partial charge in [-0.05, 0) is 64.0 Å². The Balaban J connectivity index is 1.63. The van der Waals surface area contributed by atoms with Crippen LogP contribution in [0.25, 0.3) is 6.08 Å². The number of benzene rings is 2. The second-order valence-corrected chi connectivity index (χ2v) is 10.9. The smallest absolute Gasteiger partial charge is 0.412 e. The number of likely N-dealkylation sites (tertiary alicyclic amines) is 1. The molecule has 0 radical (unpaired) electrons. The van der Waals surface area contributed by atoms with Gasteiger partial charge in [-0.25, -0.2) is 4.79 Å². The number of hydrogen-bond acceptors (Lipinski definition) is 6. The van der Waals surface area contributed by atoms with Gasteiger partial charge in [0.2, 0.25) is 5.91 Å². The quantitative estimate of drug-likeness (QED) is 0.354. The minimum Gasteiger partial charge on any atom is -0.444 e. The Bertz CT molecular complexity index is 1130. The predicted molar refractivity (Wildman–Crippen MR) is 145 cm³/mol. The molecule has 2 amide bonds. The van der Waals surface area contributed by atoms with Crippen LogP contribution >= 0.6 is 0 Å². The number of anilines is 2. The molecule has 1 saturated heterocycles. The van der Waals surface area contributed by atoms with Crippen LogP contribution in [0.3, 0.4) is 0 Å². The lowest BCUT2D eigenvalue weighted by atomic mass is 9.89. The molecular weight excluding hydrogens is 470 g/mol. The van der Waals surface area contributed by atoms with Crippen molar-refractivity contribution in [3.8, 4) is 0 Å². The van der Waals surface area contributed by atoms with Gasteiger partial charge in [-0.3, -0.25) is 15.0 Å². The van der Waals surface area contributed by atoms with Crippen LogP contribution in [0.2, 0.25) is 0 Å².